The lowest BCUT2D eigenvalue weighted by atomic mass is 10.0. The van der Waals surface area contributed by atoms with E-state index in [1.165, 1.54) is 6.07 Å². The van der Waals surface area contributed by atoms with Crippen molar-refractivity contribution < 1.29 is 14.7 Å². The molecule has 2 N–H and O–H groups in total. The molecule has 0 aliphatic heterocycles. The van der Waals surface area contributed by atoms with Crippen molar-refractivity contribution in [2.24, 2.45) is 0 Å². The maximum absolute atomic E-state index is 11.7. The van der Waals surface area contributed by atoms with Gasteiger partial charge in [0.1, 0.15) is 6.42 Å². The molecule has 3 rings (SSSR count). The number of carbonyl (C=O) groups is 2. The summed E-state index contributed by atoms with van der Waals surface area (Å²) in [5.41, 5.74) is 3.40. The third-order valence-electron chi connectivity index (χ3n) is 3.88. The molecule has 3 aromatic rings. The average molecular weight is 345 g/mol. The first-order valence-electron chi connectivity index (χ1n) is 7.90. The van der Waals surface area contributed by atoms with Gasteiger partial charge in [-0.1, -0.05) is 23.8 Å². The van der Waals surface area contributed by atoms with Crippen LogP contribution in [0.15, 0.2) is 48.5 Å². The standard InChI is InChI=1S/C20H15N3O3/c1-12-5-6-17-15(9-12)16(20(25)26)11-18(23-17)13-3-2-4-14(10-13)22-19(24)7-8-21/h2-6,9-11H,7H2,1H3,(H,22,24)(H,25,26). The minimum Gasteiger partial charge on any atom is -0.478 e. The molecule has 0 spiro atoms. The Kier molecular flexibility index (Phi) is 4.63. The molecule has 0 aliphatic carbocycles. The number of pyridine rings is 1. The molecule has 0 atom stereocenters. The summed E-state index contributed by atoms with van der Waals surface area (Å²) in [5.74, 6) is -1.43. The number of hydrogen-bond acceptors (Lipinski definition) is 4. The third-order valence-corrected chi connectivity index (χ3v) is 3.88. The number of hydrogen-bond donors (Lipinski definition) is 2. The Labute approximate surface area is 149 Å². The van der Waals surface area contributed by atoms with Crippen molar-refractivity contribution in [2.45, 2.75) is 13.3 Å². The van der Waals surface area contributed by atoms with Crippen molar-refractivity contribution in [3.63, 3.8) is 0 Å². The summed E-state index contributed by atoms with van der Waals surface area (Å²) < 4.78 is 0. The van der Waals surface area contributed by atoms with Crippen LogP contribution >= 0.6 is 0 Å². The quantitative estimate of drug-likeness (QED) is 0.749. The number of nitrogens with zero attached hydrogens (tertiary/aromatic N) is 2. The predicted octanol–water partition coefficient (Wildman–Crippen LogP) is 3.76. The number of carboxylic acids is 1. The lowest BCUT2D eigenvalue weighted by molar-refractivity contribution is -0.115. The first kappa shape index (κ1) is 17.1. The molecule has 0 radical (unpaired) electrons. The number of carboxylic acid groups (broad SMARTS) is 1. The highest BCUT2D eigenvalue weighted by atomic mass is 16.4. The number of carbonyl (C=O) groups excluding carboxylic acids is 1. The van der Waals surface area contributed by atoms with E-state index in [1.807, 2.05) is 13.0 Å². The summed E-state index contributed by atoms with van der Waals surface area (Å²) in [7, 11) is 0. The molecule has 6 nitrogen and oxygen atoms in total. The number of anilines is 1. The summed E-state index contributed by atoms with van der Waals surface area (Å²) >= 11 is 0. The van der Waals surface area contributed by atoms with Gasteiger partial charge in [0.2, 0.25) is 5.91 Å². The summed E-state index contributed by atoms with van der Waals surface area (Å²) in [4.78, 5) is 27.8. The Balaban J connectivity index is 2.08. The van der Waals surface area contributed by atoms with Crippen LogP contribution in [0.1, 0.15) is 22.3 Å². The molecule has 128 valence electrons. The second-order valence-corrected chi connectivity index (χ2v) is 5.84. The van der Waals surface area contributed by atoms with E-state index in [0.717, 1.165) is 5.56 Å². The van der Waals surface area contributed by atoms with Crippen LogP contribution in [-0.4, -0.2) is 22.0 Å². The van der Waals surface area contributed by atoms with E-state index >= 15 is 0 Å². The Morgan fingerprint density at radius 2 is 2.00 bits per heavy atom. The van der Waals surface area contributed by atoms with Gasteiger partial charge in [0, 0.05) is 16.6 Å². The van der Waals surface area contributed by atoms with Gasteiger partial charge in [-0.3, -0.25) is 4.79 Å². The topological polar surface area (TPSA) is 103 Å². The Morgan fingerprint density at radius 1 is 1.19 bits per heavy atom. The first-order chi connectivity index (χ1) is 12.5. The van der Waals surface area contributed by atoms with Gasteiger partial charge in [-0.05, 0) is 37.3 Å². The first-order valence-corrected chi connectivity index (χ1v) is 7.90. The van der Waals surface area contributed by atoms with Crippen LogP contribution in [0, 0.1) is 18.3 Å². The highest BCUT2D eigenvalue weighted by Crippen LogP contribution is 2.27. The van der Waals surface area contributed by atoms with E-state index in [2.05, 4.69) is 10.3 Å². The van der Waals surface area contributed by atoms with Gasteiger partial charge in [0.25, 0.3) is 0 Å². The molecule has 1 amide bonds. The Bertz CT molecular complexity index is 1070. The molecule has 0 unspecified atom stereocenters. The minimum atomic E-state index is -1.03. The molecular formula is C20H15N3O3. The Hall–Kier alpha value is -3.72. The number of benzene rings is 2. The lowest BCUT2D eigenvalue weighted by Gasteiger charge is -2.09. The minimum absolute atomic E-state index is 0.174. The molecule has 6 heteroatoms. The fraction of sp³-hybridized carbons (Fsp3) is 0.100. The molecule has 0 aliphatic rings. The number of aryl methyl sites for hydroxylation is 1. The number of fused-ring (bicyclic) bond motifs is 1. The lowest BCUT2D eigenvalue weighted by Crippen LogP contribution is -2.10. The van der Waals surface area contributed by atoms with Gasteiger partial charge in [0.05, 0.1) is 22.8 Å². The molecule has 26 heavy (non-hydrogen) atoms. The summed E-state index contributed by atoms with van der Waals surface area (Å²) in [6.07, 6.45) is -0.235. The smallest absolute Gasteiger partial charge is 0.336 e. The largest absolute Gasteiger partial charge is 0.478 e. The summed E-state index contributed by atoms with van der Waals surface area (Å²) in [6.45, 7) is 1.90. The van der Waals surface area contributed by atoms with Crippen LogP contribution in [0.4, 0.5) is 5.69 Å². The molecule has 0 fully saturated rings. The van der Waals surface area contributed by atoms with Gasteiger partial charge in [-0.15, -0.1) is 0 Å². The van der Waals surface area contributed by atoms with Crippen LogP contribution in [0.2, 0.25) is 0 Å². The molecule has 1 aromatic heterocycles. The monoisotopic (exact) mass is 345 g/mol. The fourth-order valence-electron chi connectivity index (χ4n) is 2.70. The van der Waals surface area contributed by atoms with Crippen molar-refractivity contribution in [1.29, 1.82) is 5.26 Å². The van der Waals surface area contributed by atoms with E-state index in [-0.39, 0.29) is 12.0 Å². The zero-order valence-corrected chi connectivity index (χ0v) is 14.0. The van der Waals surface area contributed by atoms with Crippen LogP contribution < -0.4 is 5.32 Å². The number of rotatable bonds is 4. The van der Waals surface area contributed by atoms with E-state index < -0.39 is 11.9 Å². The van der Waals surface area contributed by atoms with Gasteiger partial charge < -0.3 is 10.4 Å². The van der Waals surface area contributed by atoms with Gasteiger partial charge in [0.15, 0.2) is 0 Å². The number of amides is 1. The fourth-order valence-corrected chi connectivity index (χ4v) is 2.70. The molecule has 0 saturated heterocycles. The highest BCUT2D eigenvalue weighted by Gasteiger charge is 2.13. The average Bonchev–Trinajstić information content (AvgIpc) is 2.61. The van der Waals surface area contributed by atoms with Crippen LogP contribution in [0.25, 0.3) is 22.2 Å². The van der Waals surface area contributed by atoms with Crippen LogP contribution in [0.3, 0.4) is 0 Å². The van der Waals surface area contributed by atoms with Gasteiger partial charge in [-0.2, -0.15) is 5.26 Å². The van der Waals surface area contributed by atoms with Crippen molar-refractivity contribution in [2.75, 3.05) is 5.32 Å². The number of nitrogens with one attached hydrogen (secondary N) is 1. The number of aromatic carboxylic acids is 1. The van der Waals surface area contributed by atoms with Crippen molar-refractivity contribution in [1.82, 2.24) is 4.98 Å². The van der Waals surface area contributed by atoms with Crippen LogP contribution in [0.5, 0.6) is 0 Å². The SMILES string of the molecule is Cc1ccc2nc(-c3cccc(NC(=O)CC#N)c3)cc(C(=O)O)c2c1. The van der Waals surface area contributed by atoms with E-state index in [1.54, 1.807) is 42.5 Å². The van der Waals surface area contributed by atoms with Gasteiger partial charge in [-0.25, -0.2) is 9.78 Å². The van der Waals surface area contributed by atoms with Crippen molar-refractivity contribution in [3.05, 3.63) is 59.7 Å². The second-order valence-electron chi connectivity index (χ2n) is 5.84. The van der Waals surface area contributed by atoms with Crippen molar-refractivity contribution >= 4 is 28.5 Å². The summed E-state index contributed by atoms with van der Waals surface area (Å²) in [6, 6.07) is 15.7. The maximum atomic E-state index is 11.7. The normalized spacial score (nSPS) is 10.3. The molecule has 0 saturated carbocycles. The Morgan fingerprint density at radius 3 is 2.73 bits per heavy atom. The van der Waals surface area contributed by atoms with E-state index in [9.17, 15) is 14.7 Å². The highest BCUT2D eigenvalue weighted by molar-refractivity contribution is 6.04. The molecular weight excluding hydrogens is 330 g/mol. The van der Waals surface area contributed by atoms with E-state index in [0.29, 0.717) is 27.8 Å². The number of aromatic nitrogens is 1. The zero-order chi connectivity index (χ0) is 18.7. The molecule has 2 aromatic carbocycles. The van der Waals surface area contributed by atoms with Crippen molar-refractivity contribution in [3.8, 4) is 17.3 Å². The maximum Gasteiger partial charge on any atom is 0.336 e. The van der Waals surface area contributed by atoms with E-state index in [4.69, 9.17) is 5.26 Å². The second kappa shape index (κ2) is 7.03. The van der Waals surface area contributed by atoms with Gasteiger partial charge >= 0.3 is 5.97 Å². The molecule has 0 bridgehead atoms. The summed E-state index contributed by atoms with van der Waals surface area (Å²) in [5, 5.41) is 21.3. The third kappa shape index (κ3) is 3.52. The number of nitriles is 1. The molecule has 1 heterocycles. The zero-order valence-electron chi connectivity index (χ0n) is 14.0. The predicted molar refractivity (Wildman–Crippen MR) is 97.7 cm³/mol. The van der Waals surface area contributed by atoms with Crippen LogP contribution in [-0.2, 0) is 4.79 Å².